The summed E-state index contributed by atoms with van der Waals surface area (Å²) in [6.45, 7) is 2.40. The second-order valence-corrected chi connectivity index (χ2v) is 9.20. The maximum absolute atomic E-state index is 15.8. The van der Waals surface area contributed by atoms with Gasteiger partial charge >= 0.3 is 0 Å². The van der Waals surface area contributed by atoms with Crippen LogP contribution in [0.1, 0.15) is 30.4 Å². The first-order chi connectivity index (χ1) is 18.3. The van der Waals surface area contributed by atoms with E-state index in [2.05, 4.69) is 9.98 Å². The number of rotatable bonds is 7. The Kier molecular flexibility index (Phi) is 6.99. The number of phenolic OH excluding ortho intramolecular Hbond substituents is 1. The Morgan fingerprint density at radius 3 is 2.42 bits per heavy atom. The van der Waals surface area contributed by atoms with Crippen molar-refractivity contribution in [2.24, 2.45) is 10.7 Å². The molecule has 0 atom stereocenters. The summed E-state index contributed by atoms with van der Waals surface area (Å²) in [7, 11) is 1.94. The summed E-state index contributed by atoms with van der Waals surface area (Å²) in [5, 5.41) is 17.9. The number of ether oxygens (including phenoxy) is 2. The number of phenols is 1. The van der Waals surface area contributed by atoms with Crippen LogP contribution in [-0.2, 0) is 0 Å². The SMILES string of the molecule is CN1CCN=C1c1cccc(Oc2nc(Oc3cc(C(=N)N)ccc3O)c(F)c(N3CCCCC3)c2F)c1. The normalized spacial score (nSPS) is 15.4. The molecule has 2 aromatic carbocycles. The molecular formula is C27H28F2N6O3. The third-order valence-corrected chi connectivity index (χ3v) is 6.51. The van der Waals surface area contributed by atoms with E-state index >= 15 is 8.78 Å². The van der Waals surface area contributed by atoms with Gasteiger partial charge in [0.15, 0.2) is 11.5 Å². The minimum atomic E-state index is -1.01. The van der Waals surface area contributed by atoms with E-state index in [9.17, 15) is 5.11 Å². The van der Waals surface area contributed by atoms with Gasteiger partial charge in [-0.3, -0.25) is 10.4 Å². The lowest BCUT2D eigenvalue weighted by Gasteiger charge is -2.30. The number of nitrogens with one attached hydrogen (secondary N) is 1. The summed E-state index contributed by atoms with van der Waals surface area (Å²) in [4.78, 5) is 12.1. The molecule has 1 fully saturated rings. The molecule has 2 aliphatic rings. The second-order valence-electron chi connectivity index (χ2n) is 9.20. The number of anilines is 1. The maximum Gasteiger partial charge on any atom is 0.261 e. The molecule has 2 aliphatic heterocycles. The van der Waals surface area contributed by atoms with Crippen LogP contribution >= 0.6 is 0 Å². The Bertz CT molecular complexity index is 1410. The van der Waals surface area contributed by atoms with Crippen LogP contribution in [0, 0.1) is 17.0 Å². The van der Waals surface area contributed by atoms with E-state index in [0.717, 1.165) is 37.2 Å². The summed E-state index contributed by atoms with van der Waals surface area (Å²) < 4.78 is 43.0. The predicted octanol–water partition coefficient (Wildman–Crippen LogP) is 4.62. The molecule has 0 bridgehead atoms. The standard InChI is InChI=1S/C27H28F2N6O3/c1-34-13-10-32-25(34)17-6-5-7-18(14-17)37-26-21(28)23(35-11-3-2-4-12-35)22(29)27(33-26)38-20-15-16(24(30)31)8-9-19(20)36/h5-9,14-15,36H,2-4,10-13H2,1H3,(H3,30,31). The van der Waals surface area contributed by atoms with Gasteiger partial charge in [0.2, 0.25) is 11.6 Å². The largest absolute Gasteiger partial charge is 0.504 e. The van der Waals surface area contributed by atoms with Gasteiger partial charge in [-0.25, -0.2) is 0 Å². The molecule has 0 unspecified atom stereocenters. The van der Waals surface area contributed by atoms with Crippen molar-refractivity contribution in [2.45, 2.75) is 19.3 Å². The van der Waals surface area contributed by atoms with Crippen LogP contribution in [0.2, 0.25) is 0 Å². The van der Waals surface area contributed by atoms with E-state index in [1.807, 2.05) is 18.0 Å². The molecule has 4 N–H and O–H groups in total. The lowest BCUT2D eigenvalue weighted by molar-refractivity contribution is 0.360. The maximum atomic E-state index is 15.8. The number of pyridine rings is 1. The minimum Gasteiger partial charge on any atom is -0.504 e. The zero-order chi connectivity index (χ0) is 26.8. The van der Waals surface area contributed by atoms with Gasteiger partial charge in [0.05, 0.1) is 6.54 Å². The highest BCUT2D eigenvalue weighted by Crippen LogP contribution is 2.40. The summed E-state index contributed by atoms with van der Waals surface area (Å²) >= 11 is 0. The topological polar surface area (TPSA) is 120 Å². The number of likely N-dealkylation sites (N-methyl/N-ethyl adjacent to an activating group) is 1. The van der Waals surface area contributed by atoms with Crippen LogP contribution < -0.4 is 20.1 Å². The number of aromatic hydroxyl groups is 1. The van der Waals surface area contributed by atoms with Crippen LogP contribution in [0.25, 0.3) is 0 Å². The van der Waals surface area contributed by atoms with Crippen molar-refractivity contribution in [2.75, 3.05) is 38.1 Å². The smallest absolute Gasteiger partial charge is 0.261 e. The molecular weight excluding hydrogens is 494 g/mol. The number of benzene rings is 2. The van der Waals surface area contributed by atoms with Gasteiger partial charge in [-0.15, -0.1) is 0 Å². The van der Waals surface area contributed by atoms with E-state index in [0.29, 0.717) is 25.4 Å². The zero-order valence-electron chi connectivity index (χ0n) is 20.9. The van der Waals surface area contributed by atoms with Gasteiger partial charge in [-0.1, -0.05) is 12.1 Å². The van der Waals surface area contributed by atoms with Gasteiger partial charge in [0.25, 0.3) is 11.8 Å². The lowest BCUT2D eigenvalue weighted by atomic mass is 10.1. The number of nitrogens with two attached hydrogens (primary N) is 1. The van der Waals surface area contributed by atoms with Crippen LogP contribution in [0.4, 0.5) is 14.5 Å². The Morgan fingerprint density at radius 2 is 1.74 bits per heavy atom. The second kappa shape index (κ2) is 10.5. The van der Waals surface area contributed by atoms with E-state index in [1.54, 1.807) is 23.1 Å². The summed E-state index contributed by atoms with van der Waals surface area (Å²) in [6, 6.07) is 11.0. The molecule has 3 heterocycles. The van der Waals surface area contributed by atoms with Crippen LogP contribution in [0.15, 0.2) is 47.5 Å². The van der Waals surface area contributed by atoms with Gasteiger partial charge in [0.1, 0.15) is 23.1 Å². The molecule has 198 valence electrons. The van der Waals surface area contributed by atoms with Gasteiger partial charge in [-0.2, -0.15) is 13.8 Å². The highest BCUT2D eigenvalue weighted by atomic mass is 19.1. The van der Waals surface area contributed by atoms with Crippen molar-refractivity contribution in [3.8, 4) is 29.0 Å². The number of aliphatic imine (C=N–C) groups is 1. The Hall–Kier alpha value is -4.41. The van der Waals surface area contributed by atoms with Crippen molar-refractivity contribution in [1.29, 1.82) is 5.41 Å². The van der Waals surface area contributed by atoms with Crippen molar-refractivity contribution >= 4 is 17.4 Å². The van der Waals surface area contributed by atoms with Gasteiger partial charge in [-0.05, 0) is 49.6 Å². The van der Waals surface area contributed by atoms with E-state index in [4.69, 9.17) is 20.6 Å². The molecule has 38 heavy (non-hydrogen) atoms. The fourth-order valence-corrected chi connectivity index (χ4v) is 4.54. The number of hydrogen-bond donors (Lipinski definition) is 3. The third-order valence-electron chi connectivity index (χ3n) is 6.51. The average molecular weight is 523 g/mol. The molecule has 0 spiro atoms. The summed E-state index contributed by atoms with van der Waals surface area (Å²) in [6.07, 6.45) is 2.54. The number of aromatic nitrogens is 1. The molecule has 11 heteroatoms. The molecule has 5 rings (SSSR count). The highest BCUT2D eigenvalue weighted by molar-refractivity contribution is 6.00. The average Bonchev–Trinajstić information content (AvgIpc) is 3.34. The molecule has 0 aliphatic carbocycles. The van der Waals surface area contributed by atoms with E-state index in [-0.39, 0.29) is 28.6 Å². The first kappa shape index (κ1) is 25.2. The monoisotopic (exact) mass is 522 g/mol. The number of nitrogens with zero attached hydrogens (tertiary/aromatic N) is 4. The molecule has 9 nitrogen and oxygen atoms in total. The molecule has 0 saturated carbocycles. The quantitative estimate of drug-likeness (QED) is 0.306. The van der Waals surface area contributed by atoms with Crippen molar-refractivity contribution in [3.05, 3.63) is 65.2 Å². The van der Waals surface area contributed by atoms with Crippen LogP contribution in [0.5, 0.6) is 29.0 Å². The van der Waals surface area contributed by atoms with Crippen LogP contribution in [0.3, 0.4) is 0 Å². The predicted molar refractivity (Wildman–Crippen MR) is 140 cm³/mol. The van der Waals surface area contributed by atoms with Crippen molar-refractivity contribution < 1.29 is 23.4 Å². The Balaban J connectivity index is 1.56. The molecule has 0 amide bonds. The fourth-order valence-electron chi connectivity index (χ4n) is 4.54. The number of halogens is 2. The summed E-state index contributed by atoms with van der Waals surface area (Å²) in [5.74, 6) is -2.69. The minimum absolute atomic E-state index is 0.185. The highest BCUT2D eigenvalue weighted by Gasteiger charge is 2.29. The number of hydrogen-bond acceptors (Lipinski definition) is 8. The Labute approximate surface area is 218 Å². The third kappa shape index (κ3) is 5.04. The first-order valence-electron chi connectivity index (χ1n) is 12.3. The first-order valence-corrected chi connectivity index (χ1v) is 12.3. The van der Waals surface area contributed by atoms with Crippen LogP contribution in [-0.4, -0.2) is 59.9 Å². The zero-order valence-corrected chi connectivity index (χ0v) is 20.9. The molecule has 1 aromatic heterocycles. The fraction of sp³-hybridized carbons (Fsp3) is 0.296. The number of nitrogen functional groups attached to an aromatic ring is 1. The van der Waals surface area contributed by atoms with Crippen molar-refractivity contribution in [1.82, 2.24) is 9.88 Å². The summed E-state index contributed by atoms with van der Waals surface area (Å²) in [5.41, 5.74) is 6.29. The Morgan fingerprint density at radius 1 is 1.00 bits per heavy atom. The molecule has 3 aromatic rings. The number of amidine groups is 2. The molecule has 1 saturated heterocycles. The van der Waals surface area contributed by atoms with E-state index < -0.39 is 23.4 Å². The number of piperidine rings is 1. The van der Waals surface area contributed by atoms with Crippen molar-refractivity contribution in [3.63, 3.8) is 0 Å². The molecule has 0 radical (unpaired) electrons. The van der Waals surface area contributed by atoms with Gasteiger partial charge in [0, 0.05) is 37.8 Å². The van der Waals surface area contributed by atoms with E-state index in [1.165, 1.54) is 18.2 Å². The van der Waals surface area contributed by atoms with Gasteiger partial charge < -0.3 is 30.1 Å². The lowest BCUT2D eigenvalue weighted by Crippen LogP contribution is -2.31.